The first-order valence-electron chi connectivity index (χ1n) is 5.89. The first kappa shape index (κ1) is 13.0. The van der Waals surface area contributed by atoms with Crippen molar-refractivity contribution in [3.8, 4) is 0 Å². The van der Waals surface area contributed by atoms with Gasteiger partial charge in [-0.3, -0.25) is 14.2 Å². The third kappa shape index (κ3) is 2.26. The van der Waals surface area contributed by atoms with E-state index in [4.69, 9.17) is 11.6 Å². The average molecular weight is 305 g/mol. The predicted octanol–water partition coefficient (Wildman–Crippen LogP) is 2.52. The highest BCUT2D eigenvalue weighted by molar-refractivity contribution is 7.16. The van der Waals surface area contributed by atoms with Gasteiger partial charge in [0, 0.05) is 16.5 Å². The summed E-state index contributed by atoms with van der Waals surface area (Å²) in [5.41, 5.74) is 0.347. The molecule has 2 aromatic heterocycles. The lowest BCUT2D eigenvalue weighted by molar-refractivity contribution is 0.750. The number of hydrogen-bond acceptors (Lipinski definition) is 4. The standard InChI is InChI=1S/C14H9ClN2O2S/c15-12-9(4-3-7-16-12)8-17-13(18)10-5-1-2-6-11(10)20-14(17)19/h1-7H,8H2. The quantitative estimate of drug-likeness (QED) is 0.684. The maximum atomic E-state index is 12.4. The Bertz CT molecular complexity index is 901. The lowest BCUT2D eigenvalue weighted by atomic mass is 10.2. The monoisotopic (exact) mass is 304 g/mol. The molecular formula is C14H9ClN2O2S. The fraction of sp³-hybridized carbons (Fsp3) is 0.0714. The van der Waals surface area contributed by atoms with Crippen molar-refractivity contribution in [1.29, 1.82) is 0 Å². The molecule has 6 heteroatoms. The normalized spacial score (nSPS) is 10.8. The molecule has 0 saturated carbocycles. The molecule has 3 aromatic rings. The van der Waals surface area contributed by atoms with Gasteiger partial charge in [0.2, 0.25) is 0 Å². The van der Waals surface area contributed by atoms with Crippen molar-refractivity contribution < 1.29 is 0 Å². The summed E-state index contributed by atoms with van der Waals surface area (Å²) in [4.78, 5) is 28.1. The van der Waals surface area contributed by atoms with E-state index in [1.807, 2.05) is 0 Å². The Kier molecular flexibility index (Phi) is 3.38. The molecule has 0 aliphatic heterocycles. The second-order valence-corrected chi connectivity index (χ2v) is 5.56. The fourth-order valence-electron chi connectivity index (χ4n) is 1.95. The minimum atomic E-state index is -0.302. The molecule has 0 radical (unpaired) electrons. The molecule has 4 nitrogen and oxygen atoms in total. The Morgan fingerprint density at radius 1 is 1.15 bits per heavy atom. The van der Waals surface area contributed by atoms with Gasteiger partial charge in [-0.15, -0.1) is 0 Å². The van der Waals surface area contributed by atoms with Crippen molar-refractivity contribution in [2.45, 2.75) is 6.54 Å². The second kappa shape index (κ2) is 5.19. The number of fused-ring (bicyclic) bond motifs is 1. The van der Waals surface area contributed by atoms with Crippen LogP contribution in [0, 0.1) is 0 Å². The summed E-state index contributed by atoms with van der Waals surface area (Å²) in [6.07, 6.45) is 1.57. The summed E-state index contributed by atoms with van der Waals surface area (Å²) in [5, 5.41) is 0.842. The summed E-state index contributed by atoms with van der Waals surface area (Å²) in [5.74, 6) is 0. The Morgan fingerprint density at radius 3 is 2.75 bits per heavy atom. The van der Waals surface area contributed by atoms with Gasteiger partial charge < -0.3 is 0 Å². The topological polar surface area (TPSA) is 52.0 Å². The van der Waals surface area contributed by atoms with Gasteiger partial charge in [0.05, 0.1) is 11.9 Å². The van der Waals surface area contributed by atoms with Crippen molar-refractivity contribution in [3.05, 3.63) is 73.3 Å². The van der Waals surface area contributed by atoms with Crippen molar-refractivity contribution in [2.75, 3.05) is 0 Å². The molecule has 2 heterocycles. The maximum absolute atomic E-state index is 12.4. The van der Waals surface area contributed by atoms with Crippen LogP contribution in [0.3, 0.4) is 0 Å². The molecule has 0 bridgehead atoms. The lowest BCUT2D eigenvalue weighted by Gasteiger charge is -2.06. The number of aromatic nitrogens is 2. The van der Waals surface area contributed by atoms with Crippen LogP contribution in [-0.4, -0.2) is 9.55 Å². The Morgan fingerprint density at radius 2 is 1.95 bits per heavy atom. The van der Waals surface area contributed by atoms with E-state index in [1.54, 1.807) is 42.6 Å². The number of nitrogens with zero attached hydrogens (tertiary/aromatic N) is 2. The van der Waals surface area contributed by atoms with E-state index in [0.717, 1.165) is 11.3 Å². The highest BCUT2D eigenvalue weighted by Gasteiger charge is 2.10. The first-order valence-corrected chi connectivity index (χ1v) is 7.08. The Balaban J connectivity index is 2.20. The average Bonchev–Trinajstić information content (AvgIpc) is 2.45. The smallest absolute Gasteiger partial charge is 0.269 e. The van der Waals surface area contributed by atoms with E-state index >= 15 is 0 Å². The van der Waals surface area contributed by atoms with Gasteiger partial charge in [-0.25, -0.2) is 4.98 Å². The summed E-state index contributed by atoms with van der Waals surface area (Å²) in [6.45, 7) is 0.131. The number of rotatable bonds is 2. The molecule has 0 fully saturated rings. The summed E-state index contributed by atoms with van der Waals surface area (Å²) in [7, 11) is 0. The second-order valence-electron chi connectivity index (χ2n) is 4.21. The zero-order chi connectivity index (χ0) is 14.1. The SMILES string of the molecule is O=c1sc2ccccc2c(=O)n1Cc1cccnc1Cl. The Hall–Kier alpha value is -1.98. The van der Waals surface area contributed by atoms with Gasteiger partial charge in [-0.05, 0) is 18.2 Å². The molecule has 0 saturated heterocycles. The lowest BCUT2D eigenvalue weighted by Crippen LogP contribution is -2.31. The third-order valence-electron chi connectivity index (χ3n) is 2.95. The van der Waals surface area contributed by atoms with Crippen molar-refractivity contribution in [2.24, 2.45) is 0 Å². The molecule has 1 aromatic carbocycles. The molecule has 0 N–H and O–H groups in total. The number of benzene rings is 1. The van der Waals surface area contributed by atoms with Gasteiger partial charge in [-0.2, -0.15) is 0 Å². The third-order valence-corrected chi connectivity index (χ3v) is 4.26. The van der Waals surface area contributed by atoms with Crippen LogP contribution in [0.2, 0.25) is 5.15 Å². The van der Waals surface area contributed by atoms with E-state index in [9.17, 15) is 9.59 Å². The van der Waals surface area contributed by atoms with Gasteiger partial charge in [0.25, 0.3) is 5.56 Å². The molecule has 0 atom stereocenters. The van der Waals surface area contributed by atoms with Crippen molar-refractivity contribution in [3.63, 3.8) is 0 Å². The summed E-state index contributed by atoms with van der Waals surface area (Å²) in [6, 6.07) is 10.5. The largest absolute Gasteiger partial charge is 0.310 e. The highest BCUT2D eigenvalue weighted by atomic mass is 35.5. The van der Waals surface area contributed by atoms with E-state index in [-0.39, 0.29) is 17.0 Å². The van der Waals surface area contributed by atoms with Gasteiger partial charge in [0.15, 0.2) is 0 Å². The van der Waals surface area contributed by atoms with Crippen LogP contribution in [0.25, 0.3) is 10.1 Å². The summed E-state index contributed by atoms with van der Waals surface area (Å²) < 4.78 is 1.88. The minimum absolute atomic E-state index is 0.131. The molecular weight excluding hydrogens is 296 g/mol. The van der Waals surface area contributed by atoms with Gasteiger partial charge >= 0.3 is 4.87 Å². The van der Waals surface area contributed by atoms with E-state index < -0.39 is 0 Å². The molecule has 0 aliphatic rings. The molecule has 0 spiro atoms. The number of hydrogen-bond donors (Lipinski definition) is 0. The molecule has 0 amide bonds. The molecule has 0 aliphatic carbocycles. The molecule has 0 unspecified atom stereocenters. The van der Waals surface area contributed by atoms with Crippen molar-refractivity contribution >= 4 is 33.0 Å². The highest BCUT2D eigenvalue weighted by Crippen LogP contribution is 2.14. The van der Waals surface area contributed by atoms with Crippen LogP contribution >= 0.6 is 22.9 Å². The van der Waals surface area contributed by atoms with Gasteiger partial charge in [0.1, 0.15) is 5.15 Å². The van der Waals surface area contributed by atoms with E-state index in [1.165, 1.54) is 4.57 Å². The minimum Gasteiger partial charge on any atom is -0.269 e. The van der Waals surface area contributed by atoms with E-state index in [2.05, 4.69) is 4.98 Å². The van der Waals surface area contributed by atoms with Crippen LogP contribution in [0.15, 0.2) is 52.2 Å². The predicted molar refractivity (Wildman–Crippen MR) is 80.7 cm³/mol. The van der Waals surface area contributed by atoms with E-state index in [0.29, 0.717) is 20.8 Å². The first-order chi connectivity index (χ1) is 9.66. The molecule has 20 heavy (non-hydrogen) atoms. The molecule has 100 valence electrons. The maximum Gasteiger partial charge on any atom is 0.310 e. The molecule has 3 rings (SSSR count). The van der Waals surface area contributed by atoms with Crippen LogP contribution in [0.5, 0.6) is 0 Å². The van der Waals surface area contributed by atoms with Crippen LogP contribution in [0.4, 0.5) is 0 Å². The number of halogens is 1. The fourth-order valence-corrected chi connectivity index (χ4v) is 2.99. The van der Waals surface area contributed by atoms with Crippen molar-refractivity contribution in [1.82, 2.24) is 9.55 Å². The van der Waals surface area contributed by atoms with Gasteiger partial charge in [-0.1, -0.05) is 41.1 Å². The van der Waals surface area contributed by atoms with Crippen LogP contribution in [-0.2, 0) is 6.54 Å². The van der Waals surface area contributed by atoms with Crippen LogP contribution in [0.1, 0.15) is 5.56 Å². The number of pyridine rings is 1. The zero-order valence-electron chi connectivity index (χ0n) is 10.2. The zero-order valence-corrected chi connectivity index (χ0v) is 11.8. The Labute approximate surface area is 122 Å². The summed E-state index contributed by atoms with van der Waals surface area (Å²) >= 11 is 7.02. The van der Waals surface area contributed by atoms with Crippen LogP contribution < -0.4 is 10.4 Å².